The molecule has 5 rings (SSSR count). The molecule has 5 N–H and O–H groups in total. The van der Waals surface area contributed by atoms with Crippen LogP contribution in [0.3, 0.4) is 0 Å². The number of nitrogen functional groups attached to an aromatic ring is 1. The van der Waals surface area contributed by atoms with Crippen LogP contribution >= 0.6 is 12.4 Å². The van der Waals surface area contributed by atoms with E-state index < -0.39 is 0 Å². The van der Waals surface area contributed by atoms with Gasteiger partial charge in [-0.05, 0) is 72.8 Å². The normalized spacial score (nSPS) is 10.1. The van der Waals surface area contributed by atoms with Crippen molar-refractivity contribution < 1.29 is 21.8 Å². The number of carbonyl (C=O) groups is 1. The van der Waals surface area contributed by atoms with Gasteiger partial charge in [-0.3, -0.25) is 9.78 Å². The number of nitrogens with zero attached hydrogens (tertiary/aromatic N) is 2. The summed E-state index contributed by atoms with van der Waals surface area (Å²) in [6.07, 6.45) is 5.71. The number of hydrogen-bond acceptors (Lipinski definition) is 5. The molecule has 0 aliphatic heterocycles. The van der Waals surface area contributed by atoms with Crippen molar-refractivity contribution in [2.24, 2.45) is 7.05 Å². The minimum absolute atomic E-state index is 0. The molecule has 0 saturated heterocycles. The van der Waals surface area contributed by atoms with Crippen molar-refractivity contribution in [3.8, 4) is 0 Å². The number of aromatic nitrogens is 2. The van der Waals surface area contributed by atoms with Gasteiger partial charge in [0, 0.05) is 57.7 Å². The number of rotatable bonds is 6. The van der Waals surface area contributed by atoms with Gasteiger partial charge in [0.1, 0.15) is 7.05 Å². The number of pyridine rings is 2. The largest absolute Gasteiger partial charge is 1.00 e. The third-order valence-electron chi connectivity index (χ3n) is 5.60. The number of amides is 1. The Hall–Kier alpha value is -4.33. The Morgan fingerprint density at radius 3 is 2.08 bits per heavy atom. The number of fused-ring (bicyclic) bond motifs is 1. The highest BCUT2D eigenvalue weighted by molar-refractivity contribution is 6.04. The van der Waals surface area contributed by atoms with Crippen LogP contribution in [0.25, 0.3) is 10.9 Å². The van der Waals surface area contributed by atoms with E-state index in [1.165, 1.54) is 0 Å². The van der Waals surface area contributed by atoms with Crippen molar-refractivity contribution in [1.29, 1.82) is 0 Å². The van der Waals surface area contributed by atoms with E-state index >= 15 is 0 Å². The van der Waals surface area contributed by atoms with Gasteiger partial charge >= 0.3 is 0 Å². The summed E-state index contributed by atoms with van der Waals surface area (Å²) < 4.78 is 1.98. The predicted octanol–water partition coefficient (Wildman–Crippen LogP) is 2.81. The Morgan fingerprint density at radius 2 is 1.38 bits per heavy atom. The van der Waals surface area contributed by atoms with Crippen LogP contribution in [0.1, 0.15) is 10.4 Å². The lowest BCUT2D eigenvalue weighted by atomic mass is 10.1. The van der Waals surface area contributed by atoms with Gasteiger partial charge < -0.3 is 34.1 Å². The number of anilines is 6. The van der Waals surface area contributed by atoms with Crippen molar-refractivity contribution in [3.05, 3.63) is 109 Å². The highest BCUT2D eigenvalue weighted by Crippen LogP contribution is 2.27. The average Bonchev–Trinajstić information content (AvgIpc) is 2.87. The van der Waals surface area contributed by atoms with Crippen LogP contribution in [0, 0.1) is 0 Å². The van der Waals surface area contributed by atoms with Crippen LogP contribution in [0.2, 0.25) is 0 Å². The number of nitrogens with one attached hydrogen (secondary N) is 3. The van der Waals surface area contributed by atoms with Gasteiger partial charge in [-0.1, -0.05) is 0 Å². The lowest BCUT2D eigenvalue weighted by Crippen LogP contribution is -3.00. The van der Waals surface area contributed by atoms with Gasteiger partial charge in [0.25, 0.3) is 5.91 Å². The highest BCUT2D eigenvalue weighted by atomic mass is 35.5. The average molecular weight is 533 g/mol. The van der Waals surface area contributed by atoms with Gasteiger partial charge in [-0.15, -0.1) is 12.4 Å². The first kappa shape index (κ1) is 27.3. The maximum absolute atomic E-state index is 12.7. The topological polar surface area (TPSA) is 96.0 Å². The van der Waals surface area contributed by atoms with Crippen LogP contribution in [0.5, 0.6) is 0 Å². The summed E-state index contributed by atoms with van der Waals surface area (Å²) in [6.45, 7) is 0. The van der Waals surface area contributed by atoms with E-state index in [1.807, 2.05) is 96.8 Å². The van der Waals surface area contributed by atoms with Crippen LogP contribution < -0.4 is 38.7 Å². The van der Waals surface area contributed by atoms with Crippen LogP contribution in [0.15, 0.2) is 104 Å². The van der Waals surface area contributed by atoms with Crippen LogP contribution in [0.4, 0.5) is 34.1 Å². The zero-order chi connectivity index (χ0) is 24.2. The van der Waals surface area contributed by atoms with Crippen molar-refractivity contribution >= 4 is 63.3 Å². The molecule has 5 aromatic rings. The molecular formula is C28H26Cl2N6O. The van der Waals surface area contributed by atoms with Gasteiger partial charge in [-0.2, -0.15) is 0 Å². The predicted molar refractivity (Wildman–Crippen MR) is 148 cm³/mol. The molecule has 2 heterocycles. The third kappa shape index (κ3) is 6.67. The minimum Gasteiger partial charge on any atom is -1.00 e. The molecular weight excluding hydrogens is 507 g/mol. The van der Waals surface area contributed by atoms with E-state index in [1.54, 1.807) is 18.3 Å². The highest BCUT2D eigenvalue weighted by Gasteiger charge is 2.08. The minimum atomic E-state index is -0.171. The van der Waals surface area contributed by atoms with E-state index in [0.29, 0.717) is 11.3 Å². The molecule has 0 spiro atoms. The van der Waals surface area contributed by atoms with Crippen molar-refractivity contribution in [1.82, 2.24) is 4.98 Å². The van der Waals surface area contributed by atoms with Gasteiger partial charge in [0.15, 0.2) is 12.4 Å². The summed E-state index contributed by atoms with van der Waals surface area (Å²) in [4.78, 5) is 17.1. The van der Waals surface area contributed by atoms with E-state index in [9.17, 15) is 4.79 Å². The van der Waals surface area contributed by atoms with Gasteiger partial charge in [-0.25, -0.2) is 4.57 Å². The Morgan fingerprint density at radius 1 is 0.784 bits per heavy atom. The van der Waals surface area contributed by atoms with Crippen molar-refractivity contribution in [3.63, 3.8) is 0 Å². The molecule has 3 aromatic carbocycles. The molecule has 188 valence electrons. The quantitative estimate of drug-likeness (QED) is 0.199. The van der Waals surface area contributed by atoms with Crippen molar-refractivity contribution in [2.75, 3.05) is 21.7 Å². The molecule has 37 heavy (non-hydrogen) atoms. The van der Waals surface area contributed by atoms with Crippen LogP contribution in [-0.4, -0.2) is 10.9 Å². The smallest absolute Gasteiger partial charge is 0.255 e. The fourth-order valence-electron chi connectivity index (χ4n) is 3.72. The number of aryl methyl sites for hydroxylation is 1. The zero-order valence-electron chi connectivity index (χ0n) is 20.0. The molecule has 9 heteroatoms. The van der Waals surface area contributed by atoms with E-state index in [0.717, 1.165) is 39.3 Å². The molecule has 1 amide bonds. The Labute approximate surface area is 227 Å². The first-order valence-electron chi connectivity index (χ1n) is 11.2. The second-order valence-corrected chi connectivity index (χ2v) is 8.25. The second kappa shape index (κ2) is 12.1. The lowest BCUT2D eigenvalue weighted by Gasteiger charge is -2.11. The van der Waals surface area contributed by atoms with Gasteiger partial charge in [0.05, 0.1) is 11.2 Å². The molecule has 0 unspecified atom stereocenters. The molecule has 7 nitrogen and oxygen atoms in total. The van der Waals surface area contributed by atoms with Crippen LogP contribution in [-0.2, 0) is 7.05 Å². The summed E-state index contributed by atoms with van der Waals surface area (Å²) in [5, 5.41) is 10.6. The fraction of sp³-hybridized carbons (Fsp3) is 0.0357. The summed E-state index contributed by atoms with van der Waals surface area (Å²) >= 11 is 0. The summed E-state index contributed by atoms with van der Waals surface area (Å²) in [6, 6.07) is 26.5. The van der Waals surface area contributed by atoms with Crippen molar-refractivity contribution in [2.45, 2.75) is 0 Å². The number of nitrogens with two attached hydrogens (primary N) is 1. The maximum atomic E-state index is 12.7. The zero-order valence-corrected chi connectivity index (χ0v) is 21.6. The molecule has 0 fully saturated rings. The molecule has 0 radical (unpaired) electrons. The molecule has 0 aliphatic rings. The number of carbonyl (C=O) groups excluding carboxylic acids is 1. The first-order chi connectivity index (χ1) is 17.0. The summed E-state index contributed by atoms with van der Waals surface area (Å²) in [5.74, 6) is -0.171. The van der Waals surface area contributed by atoms with E-state index in [2.05, 4.69) is 20.9 Å². The molecule has 0 aliphatic carbocycles. The lowest BCUT2D eigenvalue weighted by molar-refractivity contribution is -0.671. The van der Waals surface area contributed by atoms with Gasteiger partial charge in [0.2, 0.25) is 0 Å². The number of halogens is 2. The summed E-state index contributed by atoms with van der Waals surface area (Å²) in [7, 11) is 1.98. The number of hydrogen-bond donors (Lipinski definition) is 4. The molecule has 0 saturated carbocycles. The Kier molecular flexibility index (Phi) is 8.90. The Bertz CT molecular complexity index is 1490. The maximum Gasteiger partial charge on any atom is 0.255 e. The second-order valence-electron chi connectivity index (χ2n) is 8.25. The Balaban J connectivity index is 0.00000190. The monoisotopic (exact) mass is 532 g/mol. The molecule has 0 bridgehead atoms. The molecule has 0 atom stereocenters. The standard InChI is InChI=1S/C28H24N6O.2ClH/c1-34-16-13-24(14-17-34)31-21-7-9-23(10-8-21)33-28(35)19-2-5-22(6-3-19)32-27-12-15-30-26-11-4-20(29)18-25(26)27;;/h2-18H,29H2,1H3,(H2,30,32,33,35);2*1H. The fourth-order valence-corrected chi connectivity index (χ4v) is 3.72. The van der Waals surface area contributed by atoms with E-state index in [4.69, 9.17) is 5.73 Å². The summed E-state index contributed by atoms with van der Waals surface area (Å²) in [5.41, 5.74) is 12.5. The molecule has 2 aromatic heterocycles. The number of benzene rings is 3. The SMILES string of the molecule is C[n+]1ccc(Nc2ccc(NC(=O)c3ccc(Nc4ccnc5ccc(N)cc45)cc3)cc2)cc1.Cl.[Cl-]. The first-order valence-corrected chi connectivity index (χ1v) is 11.2. The third-order valence-corrected chi connectivity index (χ3v) is 5.60. The van der Waals surface area contributed by atoms with E-state index in [-0.39, 0.29) is 30.7 Å².